The van der Waals surface area contributed by atoms with Gasteiger partial charge in [0.2, 0.25) is 5.91 Å². The predicted octanol–water partition coefficient (Wildman–Crippen LogP) is 1.95. The van der Waals surface area contributed by atoms with E-state index in [1.165, 1.54) is 6.07 Å². The quantitative estimate of drug-likeness (QED) is 0.890. The van der Waals surface area contributed by atoms with Crippen LogP contribution < -0.4 is 11.1 Å². The summed E-state index contributed by atoms with van der Waals surface area (Å²) in [6, 6.07) is 3.24. The van der Waals surface area contributed by atoms with Crippen LogP contribution in [0.5, 0.6) is 0 Å². The van der Waals surface area contributed by atoms with Crippen LogP contribution in [-0.2, 0) is 4.79 Å². The van der Waals surface area contributed by atoms with Crippen LogP contribution in [0.4, 0.5) is 8.78 Å². The molecule has 1 aromatic rings. The van der Waals surface area contributed by atoms with Crippen molar-refractivity contribution in [3.05, 3.63) is 35.4 Å². The monoisotopic (exact) mass is 290 g/mol. The van der Waals surface area contributed by atoms with E-state index in [0.29, 0.717) is 13.0 Å². The van der Waals surface area contributed by atoms with Crippen LogP contribution in [0, 0.1) is 17.6 Å². The van der Waals surface area contributed by atoms with Crippen molar-refractivity contribution < 1.29 is 13.6 Å². The molecule has 1 fully saturated rings. The van der Waals surface area contributed by atoms with Crippen molar-refractivity contribution in [2.24, 2.45) is 11.7 Å². The number of nitrogens with one attached hydrogen (secondary N) is 1. The van der Waals surface area contributed by atoms with Gasteiger partial charge < -0.3 is 11.1 Å². The molecular weight excluding hydrogens is 274 g/mol. The van der Waals surface area contributed by atoms with E-state index in [-0.39, 0.29) is 41.8 Å². The normalized spacial score (nSPS) is 22.3. The number of halogens is 3. The number of carbonyl (C=O) groups is 1. The SMILES string of the molecule is C[C@@H](CN)NC(=O)C1CC1c1cc(F)ccc1F.Cl. The first kappa shape index (κ1) is 15.9. The molecular formula is C13H17ClF2N2O. The molecule has 3 atom stereocenters. The van der Waals surface area contributed by atoms with Gasteiger partial charge in [-0.2, -0.15) is 0 Å². The average Bonchev–Trinajstić information content (AvgIpc) is 3.12. The summed E-state index contributed by atoms with van der Waals surface area (Å²) < 4.78 is 26.6. The standard InChI is InChI=1S/C13H16F2N2O.ClH/c1-7(6-16)17-13(18)11-5-9(11)10-4-8(14)2-3-12(10)15;/h2-4,7,9,11H,5-6,16H2,1H3,(H,17,18);1H/t7-,9?,11?;/m0./s1. The highest BCUT2D eigenvalue weighted by Gasteiger charge is 2.45. The van der Waals surface area contributed by atoms with Gasteiger partial charge in [0.1, 0.15) is 11.6 Å². The highest BCUT2D eigenvalue weighted by atomic mass is 35.5. The molecule has 0 aromatic heterocycles. The summed E-state index contributed by atoms with van der Waals surface area (Å²) in [5.74, 6) is -1.56. The molecule has 3 N–H and O–H groups in total. The molecule has 0 spiro atoms. The Hall–Kier alpha value is -1.20. The van der Waals surface area contributed by atoms with Crippen molar-refractivity contribution in [3.63, 3.8) is 0 Å². The number of amides is 1. The molecule has 19 heavy (non-hydrogen) atoms. The minimum Gasteiger partial charge on any atom is -0.352 e. The second kappa shape index (κ2) is 6.30. The van der Waals surface area contributed by atoms with Gasteiger partial charge in [0.05, 0.1) is 0 Å². The third-order valence-electron chi connectivity index (χ3n) is 3.23. The van der Waals surface area contributed by atoms with Crippen LogP contribution >= 0.6 is 12.4 Å². The maximum Gasteiger partial charge on any atom is 0.224 e. The van der Waals surface area contributed by atoms with Crippen molar-refractivity contribution in [2.75, 3.05) is 6.54 Å². The smallest absolute Gasteiger partial charge is 0.224 e. The Labute approximate surface area is 117 Å². The molecule has 3 nitrogen and oxygen atoms in total. The lowest BCUT2D eigenvalue weighted by atomic mass is 10.1. The zero-order valence-electron chi connectivity index (χ0n) is 10.5. The molecule has 6 heteroatoms. The van der Waals surface area contributed by atoms with Gasteiger partial charge in [-0.05, 0) is 43.0 Å². The van der Waals surface area contributed by atoms with Gasteiger partial charge >= 0.3 is 0 Å². The Balaban J connectivity index is 0.00000180. The molecule has 1 aromatic carbocycles. The van der Waals surface area contributed by atoms with E-state index in [4.69, 9.17) is 5.73 Å². The summed E-state index contributed by atoms with van der Waals surface area (Å²) in [6.07, 6.45) is 0.559. The molecule has 1 saturated carbocycles. The van der Waals surface area contributed by atoms with Gasteiger partial charge in [-0.1, -0.05) is 0 Å². The number of benzene rings is 1. The molecule has 2 rings (SSSR count). The zero-order chi connectivity index (χ0) is 13.3. The van der Waals surface area contributed by atoms with Gasteiger partial charge in [0.25, 0.3) is 0 Å². The van der Waals surface area contributed by atoms with Crippen molar-refractivity contribution in [1.82, 2.24) is 5.32 Å². The van der Waals surface area contributed by atoms with Crippen LogP contribution in [0.3, 0.4) is 0 Å². The van der Waals surface area contributed by atoms with E-state index in [0.717, 1.165) is 12.1 Å². The van der Waals surface area contributed by atoms with Gasteiger partial charge in [-0.3, -0.25) is 4.79 Å². The lowest BCUT2D eigenvalue weighted by Gasteiger charge is -2.11. The van der Waals surface area contributed by atoms with Crippen molar-refractivity contribution >= 4 is 18.3 Å². The molecule has 0 bridgehead atoms. The summed E-state index contributed by atoms with van der Waals surface area (Å²) in [5.41, 5.74) is 5.69. The van der Waals surface area contributed by atoms with Crippen LogP contribution in [0.1, 0.15) is 24.8 Å². The minimum atomic E-state index is -0.479. The second-order valence-corrected chi connectivity index (χ2v) is 4.76. The van der Waals surface area contributed by atoms with Gasteiger partial charge in [-0.15, -0.1) is 12.4 Å². The van der Waals surface area contributed by atoms with Crippen molar-refractivity contribution in [3.8, 4) is 0 Å². The fourth-order valence-electron chi connectivity index (χ4n) is 2.04. The molecule has 0 heterocycles. The molecule has 106 valence electrons. The number of rotatable bonds is 4. The number of hydrogen-bond acceptors (Lipinski definition) is 2. The van der Waals surface area contributed by atoms with Gasteiger partial charge in [0, 0.05) is 18.5 Å². The first-order valence-electron chi connectivity index (χ1n) is 5.98. The van der Waals surface area contributed by atoms with Crippen molar-refractivity contribution in [2.45, 2.75) is 25.3 Å². The fourth-order valence-corrected chi connectivity index (χ4v) is 2.04. The summed E-state index contributed by atoms with van der Waals surface area (Å²) in [7, 11) is 0. The Kier molecular flexibility index (Phi) is 5.26. The summed E-state index contributed by atoms with van der Waals surface area (Å²) in [4.78, 5) is 11.8. The van der Waals surface area contributed by atoms with E-state index in [2.05, 4.69) is 5.32 Å². The zero-order valence-corrected chi connectivity index (χ0v) is 11.3. The summed E-state index contributed by atoms with van der Waals surface area (Å²) in [5, 5.41) is 2.75. The maximum absolute atomic E-state index is 13.5. The van der Waals surface area contributed by atoms with Crippen LogP contribution in [0.25, 0.3) is 0 Å². The molecule has 1 amide bonds. The summed E-state index contributed by atoms with van der Waals surface area (Å²) in [6.45, 7) is 2.16. The van der Waals surface area contributed by atoms with Crippen LogP contribution in [-0.4, -0.2) is 18.5 Å². The molecule has 1 aliphatic carbocycles. The molecule has 2 unspecified atom stereocenters. The number of nitrogens with two attached hydrogens (primary N) is 1. The summed E-state index contributed by atoms with van der Waals surface area (Å²) >= 11 is 0. The second-order valence-electron chi connectivity index (χ2n) is 4.76. The third kappa shape index (κ3) is 3.64. The largest absolute Gasteiger partial charge is 0.352 e. The van der Waals surface area contributed by atoms with E-state index in [1.807, 2.05) is 0 Å². The Bertz CT molecular complexity index is 470. The Morgan fingerprint density at radius 3 is 2.84 bits per heavy atom. The highest BCUT2D eigenvalue weighted by molar-refractivity contribution is 5.85. The Morgan fingerprint density at radius 1 is 1.53 bits per heavy atom. The maximum atomic E-state index is 13.5. The first-order valence-corrected chi connectivity index (χ1v) is 5.98. The van der Waals surface area contributed by atoms with E-state index in [1.54, 1.807) is 6.92 Å². The fraction of sp³-hybridized carbons (Fsp3) is 0.462. The van der Waals surface area contributed by atoms with Gasteiger partial charge in [0.15, 0.2) is 0 Å². The molecule has 0 radical (unpaired) electrons. The minimum absolute atomic E-state index is 0. The van der Waals surface area contributed by atoms with Crippen molar-refractivity contribution in [1.29, 1.82) is 0 Å². The van der Waals surface area contributed by atoms with E-state index in [9.17, 15) is 13.6 Å². The van der Waals surface area contributed by atoms with Crippen LogP contribution in [0.15, 0.2) is 18.2 Å². The average molecular weight is 291 g/mol. The first-order chi connectivity index (χ1) is 8.52. The van der Waals surface area contributed by atoms with Gasteiger partial charge in [-0.25, -0.2) is 8.78 Å². The lowest BCUT2D eigenvalue weighted by molar-refractivity contribution is -0.122. The third-order valence-corrected chi connectivity index (χ3v) is 3.23. The number of hydrogen-bond donors (Lipinski definition) is 2. The molecule has 0 saturated heterocycles. The van der Waals surface area contributed by atoms with E-state index >= 15 is 0 Å². The highest BCUT2D eigenvalue weighted by Crippen LogP contribution is 2.48. The van der Waals surface area contributed by atoms with E-state index < -0.39 is 11.6 Å². The molecule has 1 aliphatic rings. The van der Waals surface area contributed by atoms with Crippen LogP contribution in [0.2, 0.25) is 0 Å². The Morgan fingerprint density at radius 2 is 2.21 bits per heavy atom. The molecule has 0 aliphatic heterocycles. The predicted molar refractivity (Wildman–Crippen MR) is 71.1 cm³/mol. The number of carbonyl (C=O) groups excluding carboxylic acids is 1. The lowest BCUT2D eigenvalue weighted by Crippen LogP contribution is -2.38. The topological polar surface area (TPSA) is 55.1 Å².